The summed E-state index contributed by atoms with van der Waals surface area (Å²) < 4.78 is 23.3. The van der Waals surface area contributed by atoms with E-state index in [1.807, 2.05) is 27.2 Å². The number of nitrogens with one attached hydrogen (secondary N) is 1. The number of hydrogen-bond donors (Lipinski definition) is 2. The standard InChI is InChI=1S/C62H119N2O6P/c1-6-8-10-12-14-16-18-20-22-24-25-26-27-28-29-30-31-32-33-34-35-36-37-38-39-40-42-44-46-48-50-52-54-56-62(66)63-60(59-70-71(67,68)69-58-57-64(3,4)5)61(65)55-53-51-49-47-45-43-41-23-21-19-17-15-13-11-9-7-2/h21,23-25,45,47,53,55,60-61,65H,6-20,22,26-44,46,48-52,54,56-59H2,1-5H3,(H-,63,66,67,68)/b23-21+,25-24-,47-45+,55-53+. The molecule has 0 bridgehead atoms. The van der Waals surface area contributed by atoms with Crippen molar-refractivity contribution in [1.82, 2.24) is 5.32 Å². The molecule has 0 aliphatic carbocycles. The van der Waals surface area contributed by atoms with Crippen LogP contribution in [0.2, 0.25) is 0 Å². The number of rotatable bonds is 56. The Morgan fingerprint density at radius 2 is 0.789 bits per heavy atom. The first-order chi connectivity index (χ1) is 34.5. The number of likely N-dealkylation sites (N-methyl/N-ethyl adjacent to an activating group) is 1. The zero-order valence-electron chi connectivity index (χ0n) is 47.7. The third kappa shape index (κ3) is 56.0. The number of phosphoric acid groups is 1. The second-order valence-electron chi connectivity index (χ2n) is 22.0. The third-order valence-corrected chi connectivity index (χ3v) is 14.7. The average Bonchev–Trinajstić information content (AvgIpc) is 3.33. The predicted molar refractivity (Wildman–Crippen MR) is 307 cm³/mol. The molecule has 0 rings (SSSR count). The first kappa shape index (κ1) is 69.5. The van der Waals surface area contributed by atoms with Crippen molar-refractivity contribution in [2.75, 3.05) is 40.9 Å². The van der Waals surface area contributed by atoms with Gasteiger partial charge in [-0.3, -0.25) is 9.36 Å². The van der Waals surface area contributed by atoms with Gasteiger partial charge in [0.15, 0.2) is 0 Å². The molecule has 0 aliphatic heterocycles. The molecule has 9 heteroatoms. The fraction of sp³-hybridized carbons (Fsp3) is 0.855. The van der Waals surface area contributed by atoms with E-state index in [2.05, 4.69) is 55.6 Å². The molecule has 418 valence electrons. The molecular formula is C62H119N2O6P. The van der Waals surface area contributed by atoms with Crippen LogP contribution in [0.25, 0.3) is 0 Å². The first-order valence-electron chi connectivity index (χ1n) is 30.5. The summed E-state index contributed by atoms with van der Waals surface area (Å²) in [6.45, 7) is 4.63. The summed E-state index contributed by atoms with van der Waals surface area (Å²) in [6.07, 6.45) is 70.7. The van der Waals surface area contributed by atoms with Crippen LogP contribution in [0.4, 0.5) is 0 Å². The van der Waals surface area contributed by atoms with Gasteiger partial charge in [0.1, 0.15) is 13.2 Å². The molecule has 0 fully saturated rings. The molecule has 0 saturated heterocycles. The number of unbranched alkanes of at least 4 members (excludes halogenated alkanes) is 37. The highest BCUT2D eigenvalue weighted by Gasteiger charge is 2.23. The number of allylic oxidation sites excluding steroid dienone is 7. The lowest BCUT2D eigenvalue weighted by atomic mass is 10.0. The van der Waals surface area contributed by atoms with Crippen LogP contribution in [0.5, 0.6) is 0 Å². The number of amides is 1. The van der Waals surface area contributed by atoms with Crippen molar-refractivity contribution < 1.29 is 32.9 Å². The summed E-state index contributed by atoms with van der Waals surface area (Å²) in [4.78, 5) is 25.5. The van der Waals surface area contributed by atoms with E-state index < -0.39 is 26.6 Å². The molecule has 0 radical (unpaired) electrons. The Kier molecular flexibility index (Phi) is 52.1. The van der Waals surface area contributed by atoms with Crippen molar-refractivity contribution in [2.24, 2.45) is 0 Å². The molecule has 0 saturated carbocycles. The minimum atomic E-state index is -4.61. The molecule has 71 heavy (non-hydrogen) atoms. The van der Waals surface area contributed by atoms with Gasteiger partial charge in [0, 0.05) is 6.42 Å². The Hall–Kier alpha value is -1.54. The molecule has 3 unspecified atom stereocenters. The summed E-state index contributed by atoms with van der Waals surface area (Å²) in [5.74, 6) is -0.208. The van der Waals surface area contributed by atoms with Gasteiger partial charge in [-0.2, -0.15) is 0 Å². The smallest absolute Gasteiger partial charge is 0.268 e. The number of nitrogens with zero attached hydrogens (tertiary/aromatic N) is 1. The van der Waals surface area contributed by atoms with Gasteiger partial charge >= 0.3 is 0 Å². The molecule has 0 aromatic carbocycles. The molecule has 1 amide bonds. The van der Waals surface area contributed by atoms with E-state index in [0.29, 0.717) is 17.4 Å². The largest absolute Gasteiger partial charge is 0.756 e. The lowest BCUT2D eigenvalue weighted by Crippen LogP contribution is -2.45. The van der Waals surface area contributed by atoms with Gasteiger partial charge in [-0.05, 0) is 70.6 Å². The van der Waals surface area contributed by atoms with Crippen LogP contribution in [-0.2, 0) is 18.4 Å². The maximum absolute atomic E-state index is 13.0. The highest BCUT2D eigenvalue weighted by atomic mass is 31.2. The Balaban J connectivity index is 4.05. The van der Waals surface area contributed by atoms with Gasteiger partial charge in [0.25, 0.3) is 7.82 Å². The van der Waals surface area contributed by atoms with Gasteiger partial charge < -0.3 is 28.8 Å². The van der Waals surface area contributed by atoms with Crippen LogP contribution in [0, 0.1) is 0 Å². The lowest BCUT2D eigenvalue weighted by Gasteiger charge is -2.29. The lowest BCUT2D eigenvalue weighted by molar-refractivity contribution is -0.870. The van der Waals surface area contributed by atoms with E-state index in [1.54, 1.807) is 6.08 Å². The highest BCUT2D eigenvalue weighted by molar-refractivity contribution is 7.45. The topological polar surface area (TPSA) is 108 Å². The molecule has 0 spiro atoms. The molecular weight excluding hydrogens is 900 g/mol. The average molecular weight is 1020 g/mol. The summed E-state index contributed by atoms with van der Waals surface area (Å²) in [7, 11) is 1.24. The van der Waals surface area contributed by atoms with Gasteiger partial charge in [0.05, 0.1) is 39.9 Å². The first-order valence-corrected chi connectivity index (χ1v) is 32.0. The van der Waals surface area contributed by atoms with Crippen molar-refractivity contribution in [3.8, 4) is 0 Å². The highest BCUT2D eigenvalue weighted by Crippen LogP contribution is 2.38. The van der Waals surface area contributed by atoms with E-state index in [1.165, 1.54) is 225 Å². The summed E-state index contributed by atoms with van der Waals surface area (Å²) in [5, 5.41) is 13.8. The van der Waals surface area contributed by atoms with Gasteiger partial charge in [-0.1, -0.05) is 262 Å². The summed E-state index contributed by atoms with van der Waals surface area (Å²) in [6, 6.07) is -0.909. The summed E-state index contributed by atoms with van der Waals surface area (Å²) in [5.41, 5.74) is 0. The predicted octanol–water partition coefficient (Wildman–Crippen LogP) is 18.1. The monoisotopic (exact) mass is 1020 g/mol. The zero-order chi connectivity index (χ0) is 52.0. The van der Waals surface area contributed by atoms with Gasteiger partial charge in [-0.25, -0.2) is 0 Å². The van der Waals surface area contributed by atoms with Crippen LogP contribution in [-0.4, -0.2) is 68.5 Å². The van der Waals surface area contributed by atoms with Gasteiger partial charge in [0.2, 0.25) is 5.91 Å². The van der Waals surface area contributed by atoms with E-state index in [4.69, 9.17) is 9.05 Å². The van der Waals surface area contributed by atoms with Gasteiger partial charge in [-0.15, -0.1) is 0 Å². The quantitative estimate of drug-likeness (QED) is 0.0272. The fourth-order valence-electron chi connectivity index (χ4n) is 8.95. The normalized spacial score (nSPS) is 14.2. The second-order valence-corrected chi connectivity index (χ2v) is 23.4. The van der Waals surface area contributed by atoms with E-state index >= 15 is 0 Å². The number of phosphoric ester groups is 1. The van der Waals surface area contributed by atoms with E-state index in [-0.39, 0.29) is 12.5 Å². The van der Waals surface area contributed by atoms with Crippen LogP contribution in [0.1, 0.15) is 290 Å². The third-order valence-electron chi connectivity index (χ3n) is 13.7. The Morgan fingerprint density at radius 1 is 0.479 bits per heavy atom. The molecule has 8 nitrogen and oxygen atoms in total. The van der Waals surface area contributed by atoms with E-state index in [9.17, 15) is 19.4 Å². The van der Waals surface area contributed by atoms with Crippen molar-refractivity contribution in [3.63, 3.8) is 0 Å². The van der Waals surface area contributed by atoms with Crippen molar-refractivity contribution in [2.45, 2.75) is 302 Å². The van der Waals surface area contributed by atoms with Crippen molar-refractivity contribution in [3.05, 3.63) is 48.6 Å². The molecule has 0 aromatic rings. The number of quaternary nitrogens is 1. The number of hydrogen-bond acceptors (Lipinski definition) is 6. The zero-order valence-corrected chi connectivity index (χ0v) is 48.6. The minimum Gasteiger partial charge on any atom is -0.756 e. The molecule has 0 heterocycles. The summed E-state index contributed by atoms with van der Waals surface area (Å²) >= 11 is 0. The molecule has 3 atom stereocenters. The van der Waals surface area contributed by atoms with Crippen LogP contribution in [0.3, 0.4) is 0 Å². The number of aliphatic hydroxyl groups excluding tert-OH is 1. The second kappa shape index (κ2) is 53.3. The number of carbonyl (C=O) groups excluding carboxylic acids is 1. The molecule has 2 N–H and O–H groups in total. The van der Waals surface area contributed by atoms with Crippen LogP contribution < -0.4 is 10.2 Å². The Bertz CT molecular complexity index is 1290. The number of carbonyl (C=O) groups is 1. The molecule has 0 aromatic heterocycles. The maximum atomic E-state index is 13.0. The maximum Gasteiger partial charge on any atom is 0.268 e. The number of aliphatic hydroxyl groups is 1. The fourth-order valence-corrected chi connectivity index (χ4v) is 9.67. The SMILES string of the molecule is CCCCCCCC/C=C/CC/C=C/CC/C=C/C(O)C(COP(=O)([O-])OCC[N+](C)(C)C)NC(=O)CCCCCCCCCCCCCCCCCCCCCCC/C=C\CCCCCCCCCC. The van der Waals surface area contributed by atoms with Crippen LogP contribution in [0.15, 0.2) is 48.6 Å². The Labute approximate surface area is 441 Å². The van der Waals surface area contributed by atoms with Crippen molar-refractivity contribution >= 4 is 13.7 Å². The van der Waals surface area contributed by atoms with E-state index in [0.717, 1.165) is 44.9 Å². The Morgan fingerprint density at radius 3 is 1.14 bits per heavy atom. The van der Waals surface area contributed by atoms with Crippen molar-refractivity contribution in [1.29, 1.82) is 0 Å². The minimum absolute atomic E-state index is 0.00840. The van der Waals surface area contributed by atoms with Crippen LogP contribution >= 0.6 is 7.82 Å². The molecule has 0 aliphatic rings.